The van der Waals surface area contributed by atoms with Crippen LogP contribution in [0.4, 0.5) is 0 Å². The van der Waals surface area contributed by atoms with Gasteiger partial charge in [0.25, 0.3) is 0 Å². The summed E-state index contributed by atoms with van der Waals surface area (Å²) >= 11 is 0. The third kappa shape index (κ3) is 4.33. The fourth-order valence-electron chi connectivity index (χ4n) is 3.02. The molecule has 4 heteroatoms. The number of hydrazone groups is 2. The SMILES string of the molecule is C(=NN1CCCCC1)c1ccccc1C=NN1CCCCC1. The summed E-state index contributed by atoms with van der Waals surface area (Å²) in [5.41, 5.74) is 2.29. The molecule has 2 fully saturated rings. The Kier molecular flexibility index (Phi) is 5.46. The Morgan fingerprint density at radius 2 is 1.05 bits per heavy atom. The molecule has 0 radical (unpaired) electrons. The zero-order chi connectivity index (χ0) is 15.0. The van der Waals surface area contributed by atoms with Gasteiger partial charge in [0.05, 0.1) is 12.4 Å². The van der Waals surface area contributed by atoms with Crippen molar-refractivity contribution in [1.29, 1.82) is 0 Å². The molecule has 0 N–H and O–H groups in total. The van der Waals surface area contributed by atoms with Gasteiger partial charge in [-0.15, -0.1) is 0 Å². The highest BCUT2D eigenvalue weighted by Crippen LogP contribution is 2.11. The van der Waals surface area contributed by atoms with Crippen molar-refractivity contribution in [1.82, 2.24) is 10.0 Å². The minimum Gasteiger partial charge on any atom is -0.297 e. The first-order valence-corrected chi connectivity index (χ1v) is 8.59. The van der Waals surface area contributed by atoms with Crippen molar-refractivity contribution in [2.45, 2.75) is 38.5 Å². The lowest BCUT2D eigenvalue weighted by Gasteiger charge is -2.23. The third-order valence-corrected chi connectivity index (χ3v) is 4.38. The summed E-state index contributed by atoms with van der Waals surface area (Å²) in [6.07, 6.45) is 11.7. The van der Waals surface area contributed by atoms with Crippen LogP contribution in [0.25, 0.3) is 0 Å². The van der Waals surface area contributed by atoms with Gasteiger partial charge in [-0.05, 0) is 38.5 Å². The molecular weight excluding hydrogens is 272 g/mol. The van der Waals surface area contributed by atoms with Crippen LogP contribution in [0.2, 0.25) is 0 Å². The zero-order valence-corrected chi connectivity index (χ0v) is 13.3. The van der Waals surface area contributed by atoms with E-state index < -0.39 is 0 Å². The quantitative estimate of drug-likeness (QED) is 0.798. The van der Waals surface area contributed by atoms with Crippen molar-refractivity contribution >= 4 is 12.4 Å². The predicted molar refractivity (Wildman–Crippen MR) is 92.5 cm³/mol. The first-order valence-electron chi connectivity index (χ1n) is 8.59. The molecule has 0 unspecified atom stereocenters. The van der Waals surface area contributed by atoms with Gasteiger partial charge in [-0.3, -0.25) is 10.0 Å². The standard InChI is InChI=1S/C18H26N4/c1-5-11-21(12-6-1)19-15-17-9-3-4-10-18(17)16-20-22-13-7-2-8-14-22/h3-4,9-10,15-16H,1-2,5-8,11-14H2. The maximum absolute atomic E-state index is 4.64. The van der Waals surface area contributed by atoms with Crippen LogP contribution in [0, 0.1) is 0 Å². The highest BCUT2D eigenvalue weighted by molar-refractivity contribution is 5.94. The number of rotatable bonds is 4. The largest absolute Gasteiger partial charge is 0.297 e. The van der Waals surface area contributed by atoms with Gasteiger partial charge in [-0.25, -0.2) is 0 Å². The minimum atomic E-state index is 1.08. The molecular formula is C18H26N4. The first kappa shape index (κ1) is 15.1. The Morgan fingerprint density at radius 1 is 0.636 bits per heavy atom. The van der Waals surface area contributed by atoms with Gasteiger partial charge in [0.2, 0.25) is 0 Å². The molecule has 1 aromatic rings. The van der Waals surface area contributed by atoms with Gasteiger partial charge in [-0.2, -0.15) is 10.2 Å². The summed E-state index contributed by atoms with van der Waals surface area (Å²) in [5, 5.41) is 13.6. The summed E-state index contributed by atoms with van der Waals surface area (Å²) < 4.78 is 0. The smallest absolute Gasteiger partial charge is 0.0549 e. The van der Waals surface area contributed by atoms with Crippen LogP contribution in [-0.2, 0) is 0 Å². The Balaban J connectivity index is 1.66. The topological polar surface area (TPSA) is 31.2 Å². The van der Waals surface area contributed by atoms with Crippen LogP contribution in [0.15, 0.2) is 34.5 Å². The molecule has 2 aliphatic heterocycles. The van der Waals surface area contributed by atoms with Gasteiger partial charge in [0.1, 0.15) is 0 Å². The van der Waals surface area contributed by atoms with Crippen LogP contribution >= 0.6 is 0 Å². The Labute approximate surface area is 133 Å². The molecule has 2 heterocycles. The summed E-state index contributed by atoms with van der Waals surface area (Å²) in [5.74, 6) is 0. The van der Waals surface area contributed by atoms with E-state index in [1.54, 1.807) is 0 Å². The Morgan fingerprint density at radius 3 is 1.45 bits per heavy atom. The van der Waals surface area contributed by atoms with Crippen molar-refractivity contribution in [2.75, 3.05) is 26.2 Å². The van der Waals surface area contributed by atoms with Crippen LogP contribution in [0.1, 0.15) is 49.7 Å². The summed E-state index contributed by atoms with van der Waals surface area (Å²) in [4.78, 5) is 0. The van der Waals surface area contributed by atoms with Gasteiger partial charge in [0.15, 0.2) is 0 Å². The second kappa shape index (κ2) is 7.97. The highest BCUT2D eigenvalue weighted by atomic mass is 15.5. The number of piperidine rings is 2. The van der Waals surface area contributed by atoms with Crippen molar-refractivity contribution < 1.29 is 0 Å². The van der Waals surface area contributed by atoms with Crippen LogP contribution in [0.3, 0.4) is 0 Å². The number of hydrogen-bond acceptors (Lipinski definition) is 4. The zero-order valence-electron chi connectivity index (χ0n) is 13.3. The van der Waals surface area contributed by atoms with E-state index in [-0.39, 0.29) is 0 Å². The summed E-state index contributed by atoms with van der Waals surface area (Å²) in [6.45, 7) is 4.34. The average molecular weight is 298 g/mol. The summed E-state index contributed by atoms with van der Waals surface area (Å²) in [6, 6.07) is 8.36. The average Bonchev–Trinajstić information content (AvgIpc) is 2.61. The number of hydrogen-bond donors (Lipinski definition) is 0. The van der Waals surface area contributed by atoms with E-state index in [0.717, 1.165) is 37.3 Å². The van der Waals surface area contributed by atoms with E-state index in [4.69, 9.17) is 0 Å². The molecule has 0 aromatic heterocycles. The predicted octanol–water partition coefficient (Wildman–Crippen LogP) is 3.33. The lowest BCUT2D eigenvalue weighted by molar-refractivity contribution is 0.240. The lowest BCUT2D eigenvalue weighted by atomic mass is 10.1. The van der Waals surface area contributed by atoms with Gasteiger partial charge >= 0.3 is 0 Å². The van der Waals surface area contributed by atoms with Crippen molar-refractivity contribution in [2.24, 2.45) is 10.2 Å². The summed E-state index contributed by atoms with van der Waals surface area (Å²) in [7, 11) is 0. The first-order chi connectivity index (χ1) is 10.9. The molecule has 0 atom stereocenters. The van der Waals surface area contributed by atoms with E-state index in [1.807, 2.05) is 12.4 Å². The molecule has 2 aliphatic rings. The molecule has 2 saturated heterocycles. The van der Waals surface area contributed by atoms with Crippen LogP contribution in [0.5, 0.6) is 0 Å². The van der Waals surface area contributed by atoms with E-state index in [9.17, 15) is 0 Å². The third-order valence-electron chi connectivity index (χ3n) is 4.38. The van der Waals surface area contributed by atoms with Crippen molar-refractivity contribution in [3.63, 3.8) is 0 Å². The molecule has 1 aromatic carbocycles. The molecule has 0 amide bonds. The second-order valence-electron chi connectivity index (χ2n) is 6.15. The van der Waals surface area contributed by atoms with Gasteiger partial charge in [0, 0.05) is 37.3 Å². The molecule has 118 valence electrons. The van der Waals surface area contributed by atoms with Gasteiger partial charge in [-0.1, -0.05) is 24.3 Å². The number of nitrogens with zero attached hydrogens (tertiary/aromatic N) is 4. The molecule has 4 nitrogen and oxygen atoms in total. The van der Waals surface area contributed by atoms with E-state index in [2.05, 4.69) is 44.5 Å². The monoisotopic (exact) mass is 298 g/mol. The van der Waals surface area contributed by atoms with E-state index >= 15 is 0 Å². The Bertz CT molecular complexity index is 465. The molecule has 0 aliphatic carbocycles. The van der Waals surface area contributed by atoms with Crippen LogP contribution < -0.4 is 0 Å². The normalized spacial score (nSPS) is 20.2. The maximum Gasteiger partial charge on any atom is 0.0549 e. The molecule has 22 heavy (non-hydrogen) atoms. The Hall–Kier alpha value is -1.84. The second-order valence-corrected chi connectivity index (χ2v) is 6.15. The molecule has 0 saturated carbocycles. The molecule has 0 spiro atoms. The van der Waals surface area contributed by atoms with E-state index in [0.29, 0.717) is 0 Å². The maximum atomic E-state index is 4.64. The lowest BCUT2D eigenvalue weighted by Crippen LogP contribution is -2.25. The van der Waals surface area contributed by atoms with Crippen molar-refractivity contribution in [3.05, 3.63) is 35.4 Å². The van der Waals surface area contributed by atoms with Crippen molar-refractivity contribution in [3.8, 4) is 0 Å². The minimum absolute atomic E-state index is 1.08. The fourth-order valence-corrected chi connectivity index (χ4v) is 3.02. The molecule has 0 bridgehead atoms. The fraction of sp³-hybridized carbons (Fsp3) is 0.556. The highest BCUT2D eigenvalue weighted by Gasteiger charge is 2.08. The molecule has 3 rings (SSSR count). The van der Waals surface area contributed by atoms with Crippen LogP contribution in [-0.4, -0.2) is 48.6 Å². The van der Waals surface area contributed by atoms with E-state index in [1.165, 1.54) is 38.5 Å². The van der Waals surface area contributed by atoms with Gasteiger partial charge < -0.3 is 0 Å². The number of benzene rings is 1.